The molecule has 0 saturated heterocycles. The Kier molecular flexibility index (Phi) is 2.06. The maximum absolute atomic E-state index is 10.8. The van der Waals surface area contributed by atoms with E-state index < -0.39 is 5.97 Å². The van der Waals surface area contributed by atoms with Crippen LogP contribution in [0.3, 0.4) is 0 Å². The van der Waals surface area contributed by atoms with Gasteiger partial charge < -0.3 is 5.11 Å². The van der Waals surface area contributed by atoms with E-state index in [9.17, 15) is 4.79 Å². The molecule has 1 fully saturated rings. The second kappa shape index (κ2) is 3.12. The number of rotatable bonds is 2. The van der Waals surface area contributed by atoms with E-state index in [-0.39, 0.29) is 5.69 Å². The van der Waals surface area contributed by atoms with Crippen molar-refractivity contribution >= 4 is 5.97 Å². The summed E-state index contributed by atoms with van der Waals surface area (Å²) in [6.07, 6.45) is 2.36. The molecule has 1 aromatic rings. The van der Waals surface area contributed by atoms with Crippen molar-refractivity contribution in [1.29, 1.82) is 0 Å². The zero-order chi connectivity index (χ0) is 10.3. The molecular formula is C10H14N2O2. The van der Waals surface area contributed by atoms with Crippen molar-refractivity contribution in [2.75, 3.05) is 0 Å². The molecule has 1 heterocycles. The van der Waals surface area contributed by atoms with Gasteiger partial charge in [0.25, 0.3) is 0 Å². The summed E-state index contributed by atoms with van der Waals surface area (Å²) in [5.74, 6) is 0.207. The predicted molar refractivity (Wildman–Crippen MR) is 51.3 cm³/mol. The van der Waals surface area contributed by atoms with Crippen LogP contribution in [0, 0.1) is 5.92 Å². The smallest absolute Gasteiger partial charge is 0.354 e. The third-order valence-corrected chi connectivity index (χ3v) is 3.12. The van der Waals surface area contributed by atoms with Crippen molar-refractivity contribution in [1.82, 2.24) is 9.78 Å². The second-order valence-electron chi connectivity index (χ2n) is 4.04. The average molecular weight is 194 g/mol. The number of hydrogen-bond acceptors (Lipinski definition) is 2. The van der Waals surface area contributed by atoms with E-state index in [1.165, 1.54) is 11.1 Å². The average Bonchev–Trinajstić information content (AvgIpc) is 2.44. The van der Waals surface area contributed by atoms with Crippen LogP contribution in [0.2, 0.25) is 0 Å². The summed E-state index contributed by atoms with van der Waals surface area (Å²) in [6, 6.07) is 1.70. The summed E-state index contributed by atoms with van der Waals surface area (Å²) < 4.78 is 1.45. The summed E-state index contributed by atoms with van der Waals surface area (Å²) in [5, 5.41) is 13.1. The Morgan fingerprint density at radius 1 is 1.64 bits per heavy atom. The van der Waals surface area contributed by atoms with Crippen LogP contribution >= 0.6 is 0 Å². The molecule has 4 nitrogen and oxygen atoms in total. The van der Waals surface area contributed by atoms with Gasteiger partial charge in [-0.1, -0.05) is 6.92 Å². The van der Waals surface area contributed by atoms with Crippen LogP contribution in [0.5, 0.6) is 0 Å². The van der Waals surface area contributed by atoms with E-state index in [1.54, 1.807) is 13.1 Å². The van der Waals surface area contributed by atoms with Crippen molar-refractivity contribution in [3.63, 3.8) is 0 Å². The molecule has 0 radical (unpaired) electrons. The van der Waals surface area contributed by atoms with Crippen molar-refractivity contribution in [3.05, 3.63) is 17.5 Å². The second-order valence-corrected chi connectivity index (χ2v) is 4.04. The van der Waals surface area contributed by atoms with Crippen LogP contribution in [0.1, 0.15) is 41.9 Å². The van der Waals surface area contributed by atoms with Crippen LogP contribution in [0.15, 0.2) is 6.07 Å². The lowest BCUT2D eigenvalue weighted by molar-refractivity contribution is 0.0685. The van der Waals surface area contributed by atoms with Crippen LogP contribution in [-0.2, 0) is 7.05 Å². The van der Waals surface area contributed by atoms with Crippen LogP contribution < -0.4 is 0 Å². The van der Waals surface area contributed by atoms with Gasteiger partial charge >= 0.3 is 5.97 Å². The summed E-state index contributed by atoms with van der Waals surface area (Å²) in [7, 11) is 1.68. The first-order valence-corrected chi connectivity index (χ1v) is 4.87. The number of carbonyl (C=O) groups is 1. The van der Waals surface area contributed by atoms with Crippen molar-refractivity contribution in [3.8, 4) is 0 Å². The molecule has 0 bridgehead atoms. The third kappa shape index (κ3) is 1.31. The first-order chi connectivity index (χ1) is 6.59. The molecule has 2 rings (SSSR count). The summed E-state index contributed by atoms with van der Waals surface area (Å²) >= 11 is 0. The van der Waals surface area contributed by atoms with Gasteiger partial charge in [-0.2, -0.15) is 5.10 Å². The highest BCUT2D eigenvalue weighted by Crippen LogP contribution is 2.41. The Hall–Kier alpha value is -1.32. The molecule has 2 atom stereocenters. The highest BCUT2D eigenvalue weighted by molar-refractivity contribution is 5.85. The molecule has 1 N–H and O–H groups in total. The maximum atomic E-state index is 10.8. The number of carboxylic acids is 1. The Morgan fingerprint density at radius 3 is 2.71 bits per heavy atom. The largest absolute Gasteiger partial charge is 0.477 e. The van der Waals surface area contributed by atoms with Crippen LogP contribution in [0.25, 0.3) is 0 Å². The number of aromatic nitrogens is 2. The number of aryl methyl sites for hydroxylation is 1. The lowest BCUT2D eigenvalue weighted by atomic mass is 9.73. The third-order valence-electron chi connectivity index (χ3n) is 3.12. The van der Waals surface area contributed by atoms with Gasteiger partial charge in [-0.3, -0.25) is 4.68 Å². The SMILES string of the molecule is C[C@H]1CC[C@@H]1c1cc(C(=O)O)n(C)n1. The fraction of sp³-hybridized carbons (Fsp3) is 0.600. The number of hydrogen-bond donors (Lipinski definition) is 1. The number of nitrogens with zero attached hydrogens (tertiary/aromatic N) is 2. The standard InChI is InChI=1S/C10H14N2O2/c1-6-3-4-7(6)8-5-9(10(13)14)12(2)11-8/h5-7H,3-4H2,1-2H3,(H,13,14)/t6-,7-/m0/s1. The van der Waals surface area contributed by atoms with Crippen molar-refractivity contribution in [2.45, 2.75) is 25.7 Å². The van der Waals surface area contributed by atoms with Gasteiger partial charge in [0.1, 0.15) is 5.69 Å². The van der Waals surface area contributed by atoms with Crippen LogP contribution in [0.4, 0.5) is 0 Å². The number of carboxylic acid groups (broad SMARTS) is 1. The molecule has 1 aliphatic rings. The minimum atomic E-state index is -0.904. The quantitative estimate of drug-likeness (QED) is 0.778. The first-order valence-electron chi connectivity index (χ1n) is 4.87. The molecular weight excluding hydrogens is 180 g/mol. The highest BCUT2D eigenvalue weighted by Gasteiger charge is 2.31. The minimum absolute atomic E-state index is 0.277. The normalized spacial score (nSPS) is 25.9. The van der Waals surface area contributed by atoms with E-state index in [4.69, 9.17) is 5.11 Å². The Balaban J connectivity index is 2.28. The molecule has 76 valence electrons. The predicted octanol–water partition coefficient (Wildman–Crippen LogP) is 1.63. The zero-order valence-electron chi connectivity index (χ0n) is 8.40. The van der Waals surface area contributed by atoms with E-state index in [1.807, 2.05) is 0 Å². The van der Waals surface area contributed by atoms with E-state index in [2.05, 4.69) is 12.0 Å². The van der Waals surface area contributed by atoms with Gasteiger partial charge in [0.15, 0.2) is 0 Å². The topological polar surface area (TPSA) is 55.1 Å². The van der Waals surface area contributed by atoms with E-state index >= 15 is 0 Å². The van der Waals surface area contributed by atoms with Gasteiger partial charge in [-0.25, -0.2) is 4.79 Å². The fourth-order valence-electron chi connectivity index (χ4n) is 1.98. The van der Waals surface area contributed by atoms with Gasteiger partial charge in [-0.05, 0) is 24.8 Å². The monoisotopic (exact) mass is 194 g/mol. The Bertz CT molecular complexity index is 370. The molecule has 0 aliphatic heterocycles. The maximum Gasteiger partial charge on any atom is 0.354 e. The van der Waals surface area contributed by atoms with Crippen LogP contribution in [-0.4, -0.2) is 20.9 Å². The highest BCUT2D eigenvalue weighted by atomic mass is 16.4. The molecule has 1 aromatic heterocycles. The first kappa shape index (κ1) is 9.24. The molecule has 1 saturated carbocycles. The number of aromatic carboxylic acids is 1. The van der Waals surface area contributed by atoms with Gasteiger partial charge in [0.2, 0.25) is 0 Å². The van der Waals surface area contributed by atoms with E-state index in [0.717, 1.165) is 12.1 Å². The minimum Gasteiger partial charge on any atom is -0.477 e. The fourth-order valence-corrected chi connectivity index (χ4v) is 1.98. The molecule has 0 aromatic carbocycles. The Labute approximate surface area is 82.5 Å². The van der Waals surface area contributed by atoms with Gasteiger partial charge in [0.05, 0.1) is 5.69 Å². The molecule has 14 heavy (non-hydrogen) atoms. The molecule has 0 unspecified atom stereocenters. The summed E-state index contributed by atoms with van der Waals surface area (Å²) in [4.78, 5) is 10.8. The summed E-state index contributed by atoms with van der Waals surface area (Å²) in [6.45, 7) is 2.18. The van der Waals surface area contributed by atoms with Gasteiger partial charge in [-0.15, -0.1) is 0 Å². The lowest BCUT2D eigenvalue weighted by Gasteiger charge is -2.32. The molecule has 4 heteroatoms. The van der Waals surface area contributed by atoms with Gasteiger partial charge in [0, 0.05) is 13.0 Å². The Morgan fingerprint density at radius 2 is 2.36 bits per heavy atom. The lowest BCUT2D eigenvalue weighted by Crippen LogP contribution is -2.21. The van der Waals surface area contributed by atoms with Crippen molar-refractivity contribution in [2.24, 2.45) is 13.0 Å². The summed E-state index contributed by atoms with van der Waals surface area (Å²) in [5.41, 5.74) is 1.21. The zero-order valence-corrected chi connectivity index (χ0v) is 8.40. The molecule has 1 aliphatic carbocycles. The molecule has 0 amide bonds. The van der Waals surface area contributed by atoms with E-state index in [0.29, 0.717) is 11.8 Å². The van der Waals surface area contributed by atoms with Crippen molar-refractivity contribution < 1.29 is 9.90 Å². The molecule has 0 spiro atoms.